The van der Waals surface area contributed by atoms with Gasteiger partial charge in [0.2, 0.25) is 0 Å². The second-order valence-corrected chi connectivity index (χ2v) is 5.33. The quantitative estimate of drug-likeness (QED) is 0.853. The molecule has 0 saturated carbocycles. The summed E-state index contributed by atoms with van der Waals surface area (Å²) in [5, 5.41) is 9.96. The number of nitrogens with one attached hydrogen (secondary N) is 1. The van der Waals surface area contributed by atoms with Crippen LogP contribution < -0.4 is 5.32 Å². The highest BCUT2D eigenvalue weighted by Crippen LogP contribution is 2.11. The van der Waals surface area contributed by atoms with Crippen LogP contribution in [0.15, 0.2) is 36.0 Å². The second-order valence-electron chi connectivity index (χ2n) is 4.30. The summed E-state index contributed by atoms with van der Waals surface area (Å²) in [5.41, 5.74) is 0. The number of nitrogens with zero attached hydrogens (tertiary/aromatic N) is 2. The van der Waals surface area contributed by atoms with Crippen molar-refractivity contribution in [3.8, 4) is 0 Å². The zero-order valence-electron chi connectivity index (χ0n) is 10.3. The van der Waals surface area contributed by atoms with E-state index in [2.05, 4.69) is 41.8 Å². The van der Waals surface area contributed by atoms with Gasteiger partial charge in [0, 0.05) is 29.9 Å². The van der Waals surface area contributed by atoms with E-state index in [9.17, 15) is 0 Å². The minimum Gasteiger partial charge on any atom is -0.312 e. The Hall–Kier alpha value is -1.13. The summed E-state index contributed by atoms with van der Waals surface area (Å²) in [6, 6.07) is 7.07. The van der Waals surface area contributed by atoms with E-state index in [1.165, 1.54) is 4.88 Å². The molecule has 0 amide bonds. The van der Waals surface area contributed by atoms with E-state index in [1.807, 2.05) is 34.5 Å². The first-order chi connectivity index (χ1) is 8.27. The molecule has 0 aromatic carbocycles. The first-order valence-electron chi connectivity index (χ1n) is 6.02. The smallest absolute Gasteiger partial charge is 0.0641 e. The molecule has 2 atom stereocenters. The van der Waals surface area contributed by atoms with Crippen LogP contribution in [0.3, 0.4) is 0 Å². The van der Waals surface area contributed by atoms with Crippen molar-refractivity contribution in [2.75, 3.05) is 6.54 Å². The third-order valence-corrected chi connectivity index (χ3v) is 4.02. The largest absolute Gasteiger partial charge is 0.312 e. The van der Waals surface area contributed by atoms with Crippen molar-refractivity contribution in [1.29, 1.82) is 0 Å². The summed E-state index contributed by atoms with van der Waals surface area (Å²) in [5.74, 6) is 0. The van der Waals surface area contributed by atoms with Crippen molar-refractivity contribution >= 4 is 11.3 Å². The lowest BCUT2D eigenvalue weighted by atomic mass is 10.1. The lowest BCUT2D eigenvalue weighted by molar-refractivity contribution is 0.368. The van der Waals surface area contributed by atoms with Gasteiger partial charge in [0.25, 0.3) is 0 Å². The van der Waals surface area contributed by atoms with Crippen LogP contribution in [0, 0.1) is 0 Å². The van der Waals surface area contributed by atoms with E-state index in [1.54, 1.807) is 0 Å². The monoisotopic (exact) mass is 249 g/mol. The van der Waals surface area contributed by atoms with Gasteiger partial charge < -0.3 is 5.32 Å². The Bertz CT molecular complexity index is 408. The maximum absolute atomic E-state index is 4.27. The van der Waals surface area contributed by atoms with Gasteiger partial charge >= 0.3 is 0 Å². The van der Waals surface area contributed by atoms with Gasteiger partial charge in [0.05, 0.1) is 6.04 Å². The van der Waals surface area contributed by atoms with E-state index < -0.39 is 0 Å². The van der Waals surface area contributed by atoms with Crippen LogP contribution in [0.25, 0.3) is 0 Å². The molecule has 0 aliphatic carbocycles. The zero-order chi connectivity index (χ0) is 12.1. The summed E-state index contributed by atoms with van der Waals surface area (Å²) in [4.78, 5) is 1.44. The zero-order valence-corrected chi connectivity index (χ0v) is 11.2. The minimum atomic E-state index is 0.383. The molecule has 3 nitrogen and oxygen atoms in total. The van der Waals surface area contributed by atoms with Crippen LogP contribution in [0.4, 0.5) is 0 Å². The summed E-state index contributed by atoms with van der Waals surface area (Å²) in [6.07, 6.45) is 4.95. The number of hydrogen-bond donors (Lipinski definition) is 1. The Labute approximate surface area is 106 Å². The number of aromatic nitrogens is 2. The third-order valence-electron chi connectivity index (χ3n) is 3.08. The predicted molar refractivity (Wildman–Crippen MR) is 72.4 cm³/mol. The van der Waals surface area contributed by atoms with E-state index in [0.717, 1.165) is 13.0 Å². The van der Waals surface area contributed by atoms with E-state index in [-0.39, 0.29) is 0 Å². The highest BCUT2D eigenvalue weighted by molar-refractivity contribution is 7.09. The molecule has 0 spiro atoms. The van der Waals surface area contributed by atoms with Gasteiger partial charge in [0.1, 0.15) is 0 Å². The molecule has 0 aliphatic rings. The molecule has 0 unspecified atom stereocenters. The van der Waals surface area contributed by atoms with Crippen molar-refractivity contribution in [1.82, 2.24) is 15.1 Å². The Morgan fingerprint density at radius 1 is 1.41 bits per heavy atom. The molecule has 0 saturated heterocycles. The lowest BCUT2D eigenvalue weighted by Gasteiger charge is -2.21. The van der Waals surface area contributed by atoms with Gasteiger partial charge in [-0.15, -0.1) is 11.3 Å². The van der Waals surface area contributed by atoms with Gasteiger partial charge in [-0.2, -0.15) is 5.10 Å². The number of hydrogen-bond acceptors (Lipinski definition) is 3. The average Bonchev–Trinajstić information content (AvgIpc) is 3.00. The highest BCUT2D eigenvalue weighted by atomic mass is 32.1. The topological polar surface area (TPSA) is 29.9 Å². The Morgan fingerprint density at radius 3 is 2.94 bits per heavy atom. The summed E-state index contributed by atoms with van der Waals surface area (Å²) in [6.45, 7) is 5.42. The summed E-state index contributed by atoms with van der Waals surface area (Å²) < 4.78 is 2.00. The minimum absolute atomic E-state index is 0.383. The van der Waals surface area contributed by atoms with Crippen LogP contribution in [0.2, 0.25) is 0 Å². The van der Waals surface area contributed by atoms with Crippen LogP contribution in [0.1, 0.15) is 24.8 Å². The Balaban J connectivity index is 1.75. The normalized spacial score (nSPS) is 14.7. The highest BCUT2D eigenvalue weighted by Gasteiger charge is 2.12. The van der Waals surface area contributed by atoms with Crippen molar-refractivity contribution in [3.63, 3.8) is 0 Å². The maximum Gasteiger partial charge on any atom is 0.0641 e. The van der Waals surface area contributed by atoms with Gasteiger partial charge in [0.15, 0.2) is 0 Å². The predicted octanol–water partition coefficient (Wildman–Crippen LogP) is 2.73. The van der Waals surface area contributed by atoms with Crippen LogP contribution in [-0.4, -0.2) is 22.4 Å². The Morgan fingerprint density at radius 2 is 2.29 bits per heavy atom. The van der Waals surface area contributed by atoms with Crippen LogP contribution in [0.5, 0.6) is 0 Å². The van der Waals surface area contributed by atoms with E-state index >= 15 is 0 Å². The van der Waals surface area contributed by atoms with Crippen molar-refractivity contribution < 1.29 is 0 Å². The molecule has 2 rings (SSSR count). The third kappa shape index (κ3) is 3.41. The maximum atomic E-state index is 4.27. The van der Waals surface area contributed by atoms with Gasteiger partial charge in [-0.05, 0) is 37.8 Å². The van der Waals surface area contributed by atoms with Gasteiger partial charge in [-0.1, -0.05) is 6.07 Å². The lowest BCUT2D eigenvalue weighted by Crippen LogP contribution is -2.35. The molecule has 17 heavy (non-hydrogen) atoms. The summed E-state index contributed by atoms with van der Waals surface area (Å²) in [7, 11) is 0. The molecule has 2 aromatic heterocycles. The molecule has 2 heterocycles. The molecule has 0 radical (unpaired) electrons. The van der Waals surface area contributed by atoms with E-state index in [0.29, 0.717) is 12.1 Å². The van der Waals surface area contributed by atoms with Gasteiger partial charge in [-0.25, -0.2) is 0 Å². The standard InChI is InChI=1S/C13H19N3S/c1-11(12(2)16-9-4-7-15-16)14-8-6-13-5-3-10-17-13/h3-5,7,9-12,14H,6,8H2,1-2H3/t11-,12-/m0/s1. The second kappa shape index (κ2) is 5.98. The molecular formula is C13H19N3S. The molecule has 0 fully saturated rings. The van der Waals surface area contributed by atoms with Crippen molar-refractivity contribution in [3.05, 3.63) is 40.8 Å². The first-order valence-corrected chi connectivity index (χ1v) is 6.90. The molecule has 2 aromatic rings. The fourth-order valence-corrected chi connectivity index (χ4v) is 2.51. The van der Waals surface area contributed by atoms with Crippen LogP contribution in [-0.2, 0) is 6.42 Å². The fourth-order valence-electron chi connectivity index (χ4n) is 1.80. The molecular weight excluding hydrogens is 230 g/mol. The summed E-state index contributed by atoms with van der Waals surface area (Å²) >= 11 is 1.82. The molecule has 0 aliphatic heterocycles. The molecule has 1 N–H and O–H groups in total. The molecule has 4 heteroatoms. The first kappa shape index (κ1) is 12.3. The van der Waals surface area contributed by atoms with Gasteiger partial charge in [-0.3, -0.25) is 4.68 Å². The number of thiophene rings is 1. The fraction of sp³-hybridized carbons (Fsp3) is 0.462. The van der Waals surface area contributed by atoms with Crippen LogP contribution >= 0.6 is 11.3 Å². The van der Waals surface area contributed by atoms with E-state index in [4.69, 9.17) is 0 Å². The van der Waals surface area contributed by atoms with Crippen molar-refractivity contribution in [2.24, 2.45) is 0 Å². The SMILES string of the molecule is C[C@H](NCCc1cccs1)[C@H](C)n1cccn1. The van der Waals surface area contributed by atoms with Crippen molar-refractivity contribution in [2.45, 2.75) is 32.4 Å². The Kier molecular flexibility index (Phi) is 4.34. The molecule has 0 bridgehead atoms. The number of rotatable bonds is 6. The molecule has 92 valence electrons. The average molecular weight is 249 g/mol.